The summed E-state index contributed by atoms with van der Waals surface area (Å²) in [5.41, 5.74) is 0.348. The zero-order valence-electron chi connectivity index (χ0n) is 12.9. The van der Waals surface area contributed by atoms with E-state index < -0.39 is 5.69 Å². The van der Waals surface area contributed by atoms with Crippen LogP contribution in [0, 0.1) is 0 Å². The molecule has 24 heavy (non-hydrogen) atoms. The van der Waals surface area contributed by atoms with Gasteiger partial charge in [-0.25, -0.2) is 9.78 Å². The molecule has 6 nitrogen and oxygen atoms in total. The van der Waals surface area contributed by atoms with Crippen molar-refractivity contribution >= 4 is 28.1 Å². The molecule has 1 atom stereocenters. The lowest BCUT2D eigenvalue weighted by molar-refractivity contribution is 0.0607. The van der Waals surface area contributed by atoms with Crippen molar-refractivity contribution in [2.45, 2.75) is 25.3 Å². The lowest BCUT2D eigenvalue weighted by Crippen LogP contribution is -2.39. The van der Waals surface area contributed by atoms with Crippen LogP contribution in [-0.4, -0.2) is 32.3 Å². The second-order valence-corrected chi connectivity index (χ2v) is 6.74. The summed E-state index contributed by atoms with van der Waals surface area (Å²) >= 11 is 1.56. The number of hydrogen-bond acceptors (Lipinski definition) is 5. The second-order valence-electron chi connectivity index (χ2n) is 5.82. The van der Waals surface area contributed by atoms with Crippen LogP contribution in [0.25, 0.3) is 10.9 Å². The van der Waals surface area contributed by atoms with E-state index in [9.17, 15) is 9.59 Å². The van der Waals surface area contributed by atoms with Crippen LogP contribution in [0.4, 0.5) is 0 Å². The van der Waals surface area contributed by atoms with Gasteiger partial charge in [-0.3, -0.25) is 4.79 Å². The average molecular weight is 340 g/mol. The largest absolute Gasteiger partial charge is 0.346 e. The molecule has 0 spiro atoms. The van der Waals surface area contributed by atoms with Crippen LogP contribution in [0.1, 0.15) is 40.8 Å². The number of aromatic amines is 1. The molecule has 1 saturated heterocycles. The number of carbonyl (C=O) groups excluding carboxylic acids is 1. The minimum atomic E-state index is -0.500. The van der Waals surface area contributed by atoms with E-state index in [1.807, 2.05) is 28.5 Å². The summed E-state index contributed by atoms with van der Waals surface area (Å²) in [4.78, 5) is 37.9. The lowest BCUT2D eigenvalue weighted by Gasteiger charge is -2.34. The molecule has 1 aromatic carbocycles. The van der Waals surface area contributed by atoms with Gasteiger partial charge in [-0.05, 0) is 25.3 Å². The average Bonchev–Trinajstić information content (AvgIpc) is 3.15. The molecule has 1 unspecified atom stereocenters. The van der Waals surface area contributed by atoms with Gasteiger partial charge in [-0.15, -0.1) is 11.3 Å². The van der Waals surface area contributed by atoms with E-state index in [1.165, 1.54) is 0 Å². The lowest BCUT2D eigenvalue weighted by atomic mass is 10.0. The summed E-state index contributed by atoms with van der Waals surface area (Å²) < 4.78 is 0. The van der Waals surface area contributed by atoms with Crippen LogP contribution in [0.5, 0.6) is 0 Å². The SMILES string of the molecule is O=C(c1nc(=O)[nH]c2ccccc12)N1CCCCC1c1nccs1. The Bertz CT molecular complexity index is 935. The van der Waals surface area contributed by atoms with Crippen LogP contribution in [0.3, 0.4) is 0 Å². The predicted molar refractivity (Wildman–Crippen MR) is 92.1 cm³/mol. The molecule has 1 aliphatic heterocycles. The van der Waals surface area contributed by atoms with Crippen LogP contribution < -0.4 is 5.69 Å². The van der Waals surface area contributed by atoms with Crippen molar-refractivity contribution in [2.24, 2.45) is 0 Å². The fourth-order valence-corrected chi connectivity index (χ4v) is 4.02. The number of rotatable bonds is 2. The third-order valence-corrected chi connectivity index (χ3v) is 5.22. The van der Waals surface area contributed by atoms with Gasteiger partial charge in [0.15, 0.2) is 0 Å². The second kappa shape index (κ2) is 6.16. The molecular formula is C17H16N4O2S. The van der Waals surface area contributed by atoms with Gasteiger partial charge in [0.25, 0.3) is 5.91 Å². The Kier molecular flexibility index (Phi) is 3.86. The molecule has 1 amide bonds. The Morgan fingerprint density at radius 1 is 1.29 bits per heavy atom. The van der Waals surface area contributed by atoms with Gasteiger partial charge in [0, 0.05) is 23.5 Å². The van der Waals surface area contributed by atoms with Crippen molar-refractivity contribution in [3.8, 4) is 0 Å². The number of benzene rings is 1. The molecule has 0 bridgehead atoms. The molecule has 2 aromatic heterocycles. The number of likely N-dealkylation sites (tertiary alicyclic amines) is 1. The van der Waals surface area contributed by atoms with Crippen molar-refractivity contribution in [3.63, 3.8) is 0 Å². The minimum Gasteiger partial charge on any atom is -0.328 e. The molecule has 0 saturated carbocycles. The molecule has 3 heterocycles. The Labute approximate surface area is 142 Å². The third-order valence-electron chi connectivity index (χ3n) is 4.34. The number of fused-ring (bicyclic) bond motifs is 1. The number of para-hydroxylation sites is 1. The monoisotopic (exact) mass is 340 g/mol. The highest BCUT2D eigenvalue weighted by atomic mass is 32.1. The zero-order chi connectivity index (χ0) is 16.5. The van der Waals surface area contributed by atoms with E-state index in [0.717, 1.165) is 24.3 Å². The molecule has 4 rings (SSSR count). The smallest absolute Gasteiger partial charge is 0.328 e. The van der Waals surface area contributed by atoms with Gasteiger partial charge >= 0.3 is 5.69 Å². The number of nitrogens with zero attached hydrogens (tertiary/aromatic N) is 3. The highest BCUT2D eigenvalue weighted by Gasteiger charge is 2.31. The predicted octanol–water partition coefficient (Wildman–Crippen LogP) is 2.75. The molecule has 3 aromatic rings. The van der Waals surface area contributed by atoms with Crippen LogP contribution in [0.2, 0.25) is 0 Å². The molecule has 0 aliphatic carbocycles. The molecule has 122 valence electrons. The summed E-state index contributed by atoms with van der Waals surface area (Å²) in [7, 11) is 0. The van der Waals surface area contributed by atoms with Crippen LogP contribution in [-0.2, 0) is 0 Å². The standard InChI is InChI=1S/C17H16N4O2S/c22-16(14-11-5-1-2-6-12(11)19-17(23)20-14)21-9-4-3-7-13(21)15-18-8-10-24-15/h1-2,5-6,8,10,13H,3-4,7,9H2,(H,19,20,23). The third kappa shape index (κ3) is 2.60. The van der Waals surface area contributed by atoms with E-state index >= 15 is 0 Å². The number of nitrogens with one attached hydrogen (secondary N) is 1. The number of piperidine rings is 1. The van der Waals surface area contributed by atoms with Crippen LogP contribution in [0.15, 0.2) is 40.6 Å². The molecule has 0 radical (unpaired) electrons. The molecule has 1 fully saturated rings. The molecule has 1 N–H and O–H groups in total. The van der Waals surface area contributed by atoms with Crippen molar-refractivity contribution < 1.29 is 4.79 Å². The maximum absolute atomic E-state index is 13.2. The highest BCUT2D eigenvalue weighted by molar-refractivity contribution is 7.09. The number of hydrogen-bond donors (Lipinski definition) is 1. The topological polar surface area (TPSA) is 79.0 Å². The van der Waals surface area contributed by atoms with Crippen molar-refractivity contribution in [3.05, 3.63) is 57.0 Å². The summed E-state index contributed by atoms with van der Waals surface area (Å²) in [6.45, 7) is 0.659. The first-order valence-corrected chi connectivity index (χ1v) is 8.81. The van der Waals surface area contributed by atoms with Crippen LogP contribution >= 0.6 is 11.3 Å². The highest BCUT2D eigenvalue weighted by Crippen LogP contribution is 2.33. The van der Waals surface area contributed by atoms with Crippen molar-refractivity contribution in [2.75, 3.05) is 6.54 Å². The van der Waals surface area contributed by atoms with Gasteiger partial charge in [0.05, 0.1) is 11.6 Å². The molecule has 7 heteroatoms. The number of carbonyl (C=O) groups is 1. The minimum absolute atomic E-state index is 0.0360. The van der Waals surface area contributed by atoms with E-state index in [-0.39, 0.29) is 17.6 Å². The van der Waals surface area contributed by atoms with E-state index in [0.29, 0.717) is 17.4 Å². The van der Waals surface area contributed by atoms with Crippen molar-refractivity contribution in [1.29, 1.82) is 0 Å². The van der Waals surface area contributed by atoms with E-state index in [4.69, 9.17) is 0 Å². The van der Waals surface area contributed by atoms with E-state index in [2.05, 4.69) is 15.0 Å². The van der Waals surface area contributed by atoms with Crippen molar-refractivity contribution in [1.82, 2.24) is 19.9 Å². The van der Waals surface area contributed by atoms with Gasteiger partial charge in [-0.2, -0.15) is 4.98 Å². The maximum atomic E-state index is 13.2. The van der Waals surface area contributed by atoms with Gasteiger partial charge in [0.1, 0.15) is 10.7 Å². The fraction of sp³-hybridized carbons (Fsp3) is 0.294. The first-order valence-electron chi connectivity index (χ1n) is 7.93. The normalized spacial score (nSPS) is 18.0. The molecular weight excluding hydrogens is 324 g/mol. The van der Waals surface area contributed by atoms with Gasteiger partial charge in [-0.1, -0.05) is 18.2 Å². The van der Waals surface area contributed by atoms with E-state index in [1.54, 1.807) is 23.6 Å². The number of thiazole rings is 1. The number of H-pyrrole nitrogens is 1. The number of aromatic nitrogens is 3. The van der Waals surface area contributed by atoms with Gasteiger partial charge < -0.3 is 9.88 Å². The number of amides is 1. The first kappa shape index (κ1) is 15.0. The summed E-state index contributed by atoms with van der Waals surface area (Å²) in [5, 5.41) is 3.54. The Hall–Kier alpha value is -2.54. The Morgan fingerprint density at radius 2 is 2.17 bits per heavy atom. The first-order chi connectivity index (χ1) is 11.7. The Morgan fingerprint density at radius 3 is 3.00 bits per heavy atom. The summed E-state index contributed by atoms with van der Waals surface area (Å²) in [5.74, 6) is -0.197. The van der Waals surface area contributed by atoms with Gasteiger partial charge in [0.2, 0.25) is 0 Å². The zero-order valence-corrected chi connectivity index (χ0v) is 13.8. The summed E-state index contributed by atoms with van der Waals surface area (Å²) in [6, 6.07) is 7.22. The molecule has 1 aliphatic rings. The quantitative estimate of drug-likeness (QED) is 0.778. The summed E-state index contributed by atoms with van der Waals surface area (Å²) in [6.07, 6.45) is 4.67. The fourth-order valence-electron chi connectivity index (χ4n) is 3.23. The Balaban J connectivity index is 1.79. The maximum Gasteiger partial charge on any atom is 0.346 e.